The SMILES string of the molecule is CCCCC1=[C-]C(C)=C(C)C1.CCCCC1=[C-]C(C)=C(C)C1.[Cl-].[Cl-].[Hf+4]. The van der Waals surface area contributed by atoms with Gasteiger partial charge in [0.2, 0.25) is 0 Å². The van der Waals surface area contributed by atoms with Crippen molar-refractivity contribution in [3.63, 3.8) is 0 Å². The standard InChI is InChI=1S/2C11H17.2ClH.Hf/c2*1-4-5-6-11-7-9(2)10(3)8-11;;;/h2*4-7H2,1-3H3;2*1H;/q2*-1;;;+4/p-2. The van der Waals surface area contributed by atoms with Crippen LogP contribution >= 0.6 is 0 Å². The molecule has 140 valence electrons. The number of unbranched alkanes of at least 4 members (excludes halogenated alkanes) is 2. The molecule has 2 rings (SSSR count). The van der Waals surface area contributed by atoms with Crippen LogP contribution in [0.4, 0.5) is 0 Å². The fraction of sp³-hybridized carbons (Fsp3) is 0.636. The summed E-state index contributed by atoms with van der Waals surface area (Å²) in [7, 11) is 0. The largest absolute Gasteiger partial charge is 4.00 e. The maximum absolute atomic E-state index is 3.43. The zero-order chi connectivity index (χ0) is 16.5. The zero-order valence-electron chi connectivity index (χ0n) is 16.9. The van der Waals surface area contributed by atoms with E-state index in [1.807, 2.05) is 0 Å². The molecular weight excluding hydrogens is 514 g/mol. The van der Waals surface area contributed by atoms with Gasteiger partial charge in [-0.05, 0) is 0 Å². The van der Waals surface area contributed by atoms with Gasteiger partial charge in [-0.3, -0.25) is 0 Å². The average Bonchev–Trinajstić information content (AvgIpc) is 2.98. The molecule has 0 aromatic carbocycles. The molecule has 0 aliphatic heterocycles. The minimum atomic E-state index is 0. The first-order chi connectivity index (χ1) is 10.5. The molecule has 0 aromatic rings. The molecule has 0 saturated carbocycles. The van der Waals surface area contributed by atoms with Gasteiger partial charge in [-0.15, -0.1) is 13.8 Å². The molecule has 2 aliphatic carbocycles. The number of rotatable bonds is 6. The number of hydrogen-bond donors (Lipinski definition) is 0. The Morgan fingerprint density at radius 3 is 1.20 bits per heavy atom. The maximum Gasteiger partial charge on any atom is 4.00 e. The predicted octanol–water partition coefficient (Wildman–Crippen LogP) is 1.30. The van der Waals surface area contributed by atoms with E-state index in [4.69, 9.17) is 0 Å². The summed E-state index contributed by atoms with van der Waals surface area (Å²) in [6.45, 7) is 13.2. The molecular formula is C22H34Cl2Hf. The zero-order valence-corrected chi connectivity index (χ0v) is 22.0. The summed E-state index contributed by atoms with van der Waals surface area (Å²) in [5, 5.41) is 0. The summed E-state index contributed by atoms with van der Waals surface area (Å²) in [6, 6.07) is 0. The number of hydrogen-bond acceptors (Lipinski definition) is 0. The number of allylic oxidation sites excluding steroid dienone is 8. The summed E-state index contributed by atoms with van der Waals surface area (Å²) in [6.07, 6.45) is 17.0. The monoisotopic (exact) mass is 548 g/mol. The molecule has 25 heavy (non-hydrogen) atoms. The van der Waals surface area contributed by atoms with Crippen LogP contribution in [0.3, 0.4) is 0 Å². The number of halogens is 2. The van der Waals surface area contributed by atoms with Crippen LogP contribution in [0.1, 0.15) is 92.9 Å². The van der Waals surface area contributed by atoms with E-state index in [0.29, 0.717) is 0 Å². The Kier molecular flexibility index (Phi) is 20.0. The second kappa shape index (κ2) is 16.6. The van der Waals surface area contributed by atoms with Gasteiger partial charge in [0.15, 0.2) is 0 Å². The fourth-order valence-electron chi connectivity index (χ4n) is 2.82. The first-order valence-corrected chi connectivity index (χ1v) is 9.04. The normalized spacial score (nSPS) is 15.4. The van der Waals surface area contributed by atoms with Gasteiger partial charge < -0.3 is 24.8 Å². The summed E-state index contributed by atoms with van der Waals surface area (Å²) >= 11 is 0. The Morgan fingerprint density at radius 2 is 1.00 bits per heavy atom. The van der Waals surface area contributed by atoms with Gasteiger partial charge in [-0.2, -0.15) is 11.1 Å². The molecule has 0 nitrogen and oxygen atoms in total. The molecule has 0 atom stereocenters. The van der Waals surface area contributed by atoms with E-state index in [0.717, 1.165) is 0 Å². The molecule has 0 amide bonds. The van der Waals surface area contributed by atoms with Gasteiger partial charge in [0.05, 0.1) is 0 Å². The third kappa shape index (κ3) is 11.7. The van der Waals surface area contributed by atoms with Crippen LogP contribution in [0.25, 0.3) is 0 Å². The Hall–Kier alpha value is 0.410. The summed E-state index contributed by atoms with van der Waals surface area (Å²) < 4.78 is 0. The van der Waals surface area contributed by atoms with Gasteiger partial charge in [0, 0.05) is 0 Å². The van der Waals surface area contributed by atoms with Crippen molar-refractivity contribution >= 4 is 0 Å². The van der Waals surface area contributed by atoms with Crippen molar-refractivity contribution in [1.29, 1.82) is 0 Å². The van der Waals surface area contributed by atoms with E-state index in [2.05, 4.69) is 53.7 Å². The molecule has 0 fully saturated rings. The third-order valence-corrected chi connectivity index (χ3v) is 4.63. The Balaban J connectivity index is -0.000000346. The smallest absolute Gasteiger partial charge is 1.00 e. The van der Waals surface area contributed by atoms with E-state index in [-0.39, 0.29) is 50.7 Å². The average molecular weight is 548 g/mol. The Labute approximate surface area is 188 Å². The van der Waals surface area contributed by atoms with Gasteiger partial charge in [-0.25, -0.2) is 34.4 Å². The van der Waals surface area contributed by atoms with Crippen molar-refractivity contribution in [3.8, 4) is 0 Å². The minimum absolute atomic E-state index is 0. The Morgan fingerprint density at radius 1 is 0.680 bits per heavy atom. The third-order valence-electron chi connectivity index (χ3n) is 4.63. The molecule has 0 heterocycles. The van der Waals surface area contributed by atoms with E-state index in [1.165, 1.54) is 84.8 Å². The first-order valence-electron chi connectivity index (χ1n) is 9.04. The van der Waals surface area contributed by atoms with Crippen LogP contribution in [0.2, 0.25) is 0 Å². The van der Waals surface area contributed by atoms with Crippen molar-refractivity contribution in [2.24, 2.45) is 0 Å². The van der Waals surface area contributed by atoms with Crippen LogP contribution in [0.5, 0.6) is 0 Å². The van der Waals surface area contributed by atoms with Crippen LogP contribution < -0.4 is 24.8 Å². The summed E-state index contributed by atoms with van der Waals surface area (Å²) in [5.41, 5.74) is 8.79. The van der Waals surface area contributed by atoms with Crippen LogP contribution in [0.15, 0.2) is 33.4 Å². The second-order valence-electron chi connectivity index (χ2n) is 6.83. The maximum atomic E-state index is 3.43. The van der Waals surface area contributed by atoms with Crippen LogP contribution in [-0.4, -0.2) is 0 Å². The van der Waals surface area contributed by atoms with Crippen molar-refractivity contribution in [3.05, 3.63) is 45.6 Å². The predicted molar refractivity (Wildman–Crippen MR) is 98.5 cm³/mol. The van der Waals surface area contributed by atoms with Crippen molar-refractivity contribution in [1.82, 2.24) is 0 Å². The van der Waals surface area contributed by atoms with E-state index < -0.39 is 0 Å². The molecule has 0 radical (unpaired) electrons. The van der Waals surface area contributed by atoms with Crippen LogP contribution in [-0.2, 0) is 25.8 Å². The quantitative estimate of drug-likeness (QED) is 0.348. The molecule has 0 unspecified atom stereocenters. The molecule has 3 heteroatoms. The van der Waals surface area contributed by atoms with E-state index in [9.17, 15) is 0 Å². The van der Waals surface area contributed by atoms with Crippen molar-refractivity contribution < 1.29 is 50.7 Å². The first kappa shape index (κ1) is 30.1. The summed E-state index contributed by atoms with van der Waals surface area (Å²) in [4.78, 5) is 0. The van der Waals surface area contributed by atoms with Gasteiger partial charge in [0.1, 0.15) is 0 Å². The topological polar surface area (TPSA) is 0 Å². The van der Waals surface area contributed by atoms with Gasteiger partial charge >= 0.3 is 25.8 Å². The molecule has 0 N–H and O–H groups in total. The van der Waals surface area contributed by atoms with E-state index in [1.54, 1.807) is 0 Å². The van der Waals surface area contributed by atoms with Crippen molar-refractivity contribution in [2.75, 3.05) is 0 Å². The van der Waals surface area contributed by atoms with Crippen molar-refractivity contribution in [2.45, 2.75) is 92.9 Å². The molecule has 0 bridgehead atoms. The second-order valence-corrected chi connectivity index (χ2v) is 6.83. The van der Waals surface area contributed by atoms with Crippen LogP contribution in [0, 0.1) is 12.2 Å². The summed E-state index contributed by atoms with van der Waals surface area (Å²) in [5.74, 6) is 0. The minimum Gasteiger partial charge on any atom is -1.00 e. The van der Waals surface area contributed by atoms with E-state index >= 15 is 0 Å². The fourth-order valence-corrected chi connectivity index (χ4v) is 2.82. The Bertz CT molecular complexity index is 450. The van der Waals surface area contributed by atoms with Gasteiger partial charge in [-0.1, -0.05) is 79.1 Å². The molecule has 0 aromatic heterocycles. The molecule has 0 saturated heterocycles. The van der Waals surface area contributed by atoms with Gasteiger partial charge in [0.25, 0.3) is 0 Å². The molecule has 2 aliphatic rings. The molecule has 0 spiro atoms.